The summed E-state index contributed by atoms with van der Waals surface area (Å²) in [6.45, 7) is -2.04. The van der Waals surface area contributed by atoms with Crippen LogP contribution in [0.5, 0.6) is 5.75 Å². The van der Waals surface area contributed by atoms with Crippen LogP contribution in [0.3, 0.4) is 0 Å². The van der Waals surface area contributed by atoms with Crippen LogP contribution >= 0.6 is 15.9 Å². The molecule has 1 atom stereocenters. The summed E-state index contributed by atoms with van der Waals surface area (Å²) in [6.07, 6.45) is 2.95. The van der Waals surface area contributed by atoms with E-state index in [0.29, 0.717) is 17.6 Å². The molecule has 24 heavy (non-hydrogen) atoms. The lowest BCUT2D eigenvalue weighted by Crippen LogP contribution is -2.32. The lowest BCUT2D eigenvalue weighted by molar-refractivity contribution is -0.117. The van der Waals surface area contributed by atoms with E-state index < -0.39 is 12.5 Å². The van der Waals surface area contributed by atoms with Gasteiger partial charge >= 0.3 is 6.61 Å². The van der Waals surface area contributed by atoms with Gasteiger partial charge in [0, 0.05) is 23.2 Å². The minimum Gasteiger partial charge on any atom is -0.434 e. The van der Waals surface area contributed by atoms with Gasteiger partial charge in [0.15, 0.2) is 0 Å². The molecule has 0 unspecified atom stereocenters. The smallest absolute Gasteiger partial charge is 0.387 e. The first-order valence-electron chi connectivity index (χ1n) is 7.25. The monoisotopic (exact) mass is 400 g/mol. The van der Waals surface area contributed by atoms with Gasteiger partial charge in [0.1, 0.15) is 17.4 Å². The Morgan fingerprint density at radius 1 is 1.58 bits per heavy atom. The minimum atomic E-state index is -3.00. The van der Waals surface area contributed by atoms with Gasteiger partial charge in [-0.15, -0.1) is 0 Å². The van der Waals surface area contributed by atoms with Crippen LogP contribution in [0.15, 0.2) is 28.2 Å². The van der Waals surface area contributed by atoms with E-state index in [2.05, 4.69) is 26.0 Å². The zero-order valence-electron chi connectivity index (χ0n) is 12.6. The summed E-state index contributed by atoms with van der Waals surface area (Å²) < 4.78 is 35.3. The molecule has 1 aliphatic heterocycles. The van der Waals surface area contributed by atoms with Crippen molar-refractivity contribution in [2.24, 2.45) is 0 Å². The number of nitrogens with zero attached hydrogens (tertiary/aromatic N) is 1. The molecule has 0 radical (unpaired) electrons. The molecule has 0 spiro atoms. The normalized spacial score (nSPS) is 17.6. The Balaban J connectivity index is 2.15. The summed E-state index contributed by atoms with van der Waals surface area (Å²) in [5, 5.41) is 11.8. The molecule has 2 rings (SSSR count). The Hall–Kier alpha value is -1.98. The number of hydrogen-bond acceptors (Lipinski definition) is 4. The van der Waals surface area contributed by atoms with Crippen molar-refractivity contribution in [3.63, 3.8) is 0 Å². The summed E-state index contributed by atoms with van der Waals surface area (Å²) in [4.78, 5) is 12.1. The van der Waals surface area contributed by atoms with Gasteiger partial charge in [0.05, 0.1) is 6.10 Å². The summed E-state index contributed by atoms with van der Waals surface area (Å²) in [6, 6.07) is 6.13. The van der Waals surface area contributed by atoms with Crippen molar-refractivity contribution in [1.29, 1.82) is 5.26 Å². The Bertz CT molecular complexity index is 668. The first-order valence-corrected chi connectivity index (χ1v) is 8.05. The quantitative estimate of drug-likeness (QED) is 0.587. The summed E-state index contributed by atoms with van der Waals surface area (Å²) in [5.41, 5.74) is -0.00120. The molecule has 1 heterocycles. The predicted molar refractivity (Wildman–Crippen MR) is 86.3 cm³/mol. The second-order valence-electron chi connectivity index (χ2n) is 5.08. The topological polar surface area (TPSA) is 71.3 Å². The maximum absolute atomic E-state index is 12.5. The first kappa shape index (κ1) is 18.4. The summed E-state index contributed by atoms with van der Waals surface area (Å²) in [7, 11) is 0. The van der Waals surface area contributed by atoms with Crippen molar-refractivity contribution < 1.29 is 23.0 Å². The zero-order chi connectivity index (χ0) is 17.5. The molecule has 1 aromatic rings. The fourth-order valence-corrected chi connectivity index (χ4v) is 2.63. The van der Waals surface area contributed by atoms with E-state index in [1.807, 2.05) is 0 Å². The SMILES string of the molecule is N#C/C(=C\c1cc(Br)ccc1OC(F)F)C(=O)NC[C@@H]1CCCO1. The second-order valence-corrected chi connectivity index (χ2v) is 5.99. The summed E-state index contributed by atoms with van der Waals surface area (Å²) in [5.74, 6) is -0.705. The van der Waals surface area contributed by atoms with Crippen LogP contribution in [0.1, 0.15) is 18.4 Å². The number of amides is 1. The third-order valence-corrected chi connectivity index (χ3v) is 3.86. The highest BCUT2D eigenvalue weighted by Gasteiger charge is 2.18. The average molecular weight is 401 g/mol. The average Bonchev–Trinajstić information content (AvgIpc) is 3.05. The van der Waals surface area contributed by atoms with Gasteiger partial charge in [0.2, 0.25) is 0 Å². The van der Waals surface area contributed by atoms with Gasteiger partial charge < -0.3 is 14.8 Å². The number of alkyl halides is 2. The molecule has 1 N–H and O–H groups in total. The third-order valence-electron chi connectivity index (χ3n) is 3.37. The molecule has 0 aliphatic carbocycles. The standard InChI is InChI=1S/C16H15BrF2N2O3/c17-12-3-4-14(24-16(18)19)10(7-12)6-11(8-20)15(22)21-9-13-2-1-5-23-13/h3-4,6-7,13,16H,1-2,5,9H2,(H,21,22)/b11-6+/t13-/m0/s1. The van der Waals surface area contributed by atoms with Crippen molar-refractivity contribution >= 4 is 27.9 Å². The lowest BCUT2D eigenvalue weighted by atomic mass is 10.1. The zero-order valence-corrected chi connectivity index (χ0v) is 14.2. The molecule has 1 saturated heterocycles. The van der Waals surface area contributed by atoms with Gasteiger partial charge in [0.25, 0.3) is 5.91 Å². The third kappa shape index (κ3) is 5.28. The van der Waals surface area contributed by atoms with Crippen LogP contribution in [0.25, 0.3) is 6.08 Å². The van der Waals surface area contributed by atoms with Gasteiger partial charge in [-0.1, -0.05) is 15.9 Å². The van der Waals surface area contributed by atoms with Crippen molar-refractivity contribution in [3.05, 3.63) is 33.8 Å². The van der Waals surface area contributed by atoms with E-state index in [0.717, 1.165) is 12.8 Å². The highest BCUT2D eigenvalue weighted by atomic mass is 79.9. The van der Waals surface area contributed by atoms with Gasteiger partial charge in [-0.25, -0.2) is 0 Å². The van der Waals surface area contributed by atoms with E-state index in [9.17, 15) is 18.8 Å². The Labute approximate surface area is 146 Å². The Morgan fingerprint density at radius 2 is 2.38 bits per heavy atom. The highest BCUT2D eigenvalue weighted by molar-refractivity contribution is 9.10. The molecule has 128 valence electrons. The predicted octanol–water partition coefficient (Wildman–Crippen LogP) is 3.25. The van der Waals surface area contributed by atoms with E-state index in [1.165, 1.54) is 24.3 Å². The number of rotatable bonds is 6. The van der Waals surface area contributed by atoms with Gasteiger partial charge in [-0.3, -0.25) is 4.79 Å². The highest BCUT2D eigenvalue weighted by Crippen LogP contribution is 2.27. The van der Waals surface area contributed by atoms with Crippen LogP contribution in [0, 0.1) is 11.3 Å². The van der Waals surface area contributed by atoms with Gasteiger partial charge in [-0.2, -0.15) is 14.0 Å². The van der Waals surface area contributed by atoms with Crippen LogP contribution in [0.4, 0.5) is 8.78 Å². The largest absolute Gasteiger partial charge is 0.434 e. The molecule has 0 aromatic heterocycles. The second kappa shape index (κ2) is 8.76. The number of nitriles is 1. The molecule has 0 saturated carbocycles. The van der Waals surface area contributed by atoms with E-state index in [4.69, 9.17) is 4.74 Å². The number of carbonyl (C=O) groups is 1. The minimum absolute atomic E-state index is 0.0579. The number of halogens is 3. The molecule has 1 amide bonds. The number of benzene rings is 1. The van der Waals surface area contributed by atoms with E-state index in [1.54, 1.807) is 6.07 Å². The molecule has 0 bridgehead atoms. The molecule has 5 nitrogen and oxygen atoms in total. The number of hydrogen-bond donors (Lipinski definition) is 1. The Kier molecular flexibility index (Phi) is 6.70. The van der Waals surface area contributed by atoms with Crippen molar-refractivity contribution in [3.8, 4) is 11.8 Å². The molecule has 1 aromatic carbocycles. The molecule has 1 aliphatic rings. The number of carbonyl (C=O) groups excluding carboxylic acids is 1. The maximum Gasteiger partial charge on any atom is 0.387 e. The van der Waals surface area contributed by atoms with Crippen LogP contribution < -0.4 is 10.1 Å². The lowest BCUT2D eigenvalue weighted by Gasteiger charge is -2.11. The fourth-order valence-electron chi connectivity index (χ4n) is 2.25. The van der Waals surface area contributed by atoms with Crippen LogP contribution in [-0.4, -0.2) is 31.8 Å². The maximum atomic E-state index is 12.5. The van der Waals surface area contributed by atoms with E-state index >= 15 is 0 Å². The molecular weight excluding hydrogens is 386 g/mol. The van der Waals surface area contributed by atoms with Crippen molar-refractivity contribution in [2.75, 3.05) is 13.2 Å². The van der Waals surface area contributed by atoms with E-state index in [-0.39, 0.29) is 23.0 Å². The number of ether oxygens (including phenoxy) is 2. The molecule has 1 fully saturated rings. The fraction of sp³-hybridized carbons (Fsp3) is 0.375. The van der Waals surface area contributed by atoms with Crippen molar-refractivity contribution in [2.45, 2.75) is 25.6 Å². The Morgan fingerprint density at radius 3 is 3.00 bits per heavy atom. The first-order chi connectivity index (χ1) is 11.5. The summed E-state index contributed by atoms with van der Waals surface area (Å²) >= 11 is 3.21. The van der Waals surface area contributed by atoms with Crippen LogP contribution in [-0.2, 0) is 9.53 Å². The molecule has 8 heteroatoms. The molecular formula is C16H15BrF2N2O3. The van der Waals surface area contributed by atoms with Gasteiger partial charge in [-0.05, 0) is 37.1 Å². The van der Waals surface area contributed by atoms with Crippen LogP contribution in [0.2, 0.25) is 0 Å². The number of nitrogens with one attached hydrogen (secondary N) is 1. The van der Waals surface area contributed by atoms with Crippen molar-refractivity contribution in [1.82, 2.24) is 5.32 Å².